The number of fused-ring (bicyclic) bond motifs is 1. The maximum atomic E-state index is 12.2. The van der Waals surface area contributed by atoms with Crippen LogP contribution in [0.3, 0.4) is 0 Å². The number of nitrogens with zero attached hydrogens (tertiary/aromatic N) is 1. The highest BCUT2D eigenvalue weighted by Crippen LogP contribution is 2.25. The molecule has 24 heavy (non-hydrogen) atoms. The number of phenolic OH excluding ortho intramolecular Hbond substituents is 1. The Bertz CT molecular complexity index is 748. The van der Waals surface area contributed by atoms with E-state index in [0.717, 1.165) is 49.5 Å². The number of rotatable bonds is 3. The van der Waals surface area contributed by atoms with E-state index in [0.29, 0.717) is 0 Å². The molecular formula is C19H21NO4. The summed E-state index contributed by atoms with van der Waals surface area (Å²) in [4.78, 5) is 26.1. The van der Waals surface area contributed by atoms with Gasteiger partial charge < -0.3 is 14.7 Å². The van der Waals surface area contributed by atoms with Crippen LogP contribution in [0.4, 0.5) is 0 Å². The molecule has 2 aromatic rings. The first-order valence-electron chi connectivity index (χ1n) is 8.32. The molecule has 2 aromatic carbocycles. The molecule has 1 saturated heterocycles. The van der Waals surface area contributed by atoms with Gasteiger partial charge in [0.25, 0.3) is 5.91 Å². The number of esters is 1. The highest BCUT2D eigenvalue weighted by Gasteiger charge is 2.19. The Morgan fingerprint density at radius 2 is 1.62 bits per heavy atom. The molecule has 5 nitrogen and oxygen atoms in total. The van der Waals surface area contributed by atoms with Crippen LogP contribution in [0.25, 0.3) is 10.8 Å². The third-order valence-corrected chi connectivity index (χ3v) is 4.37. The Morgan fingerprint density at radius 3 is 2.29 bits per heavy atom. The third kappa shape index (κ3) is 3.67. The fourth-order valence-electron chi connectivity index (χ4n) is 3.01. The van der Waals surface area contributed by atoms with Gasteiger partial charge in [-0.3, -0.25) is 4.79 Å². The average Bonchev–Trinajstić information content (AvgIpc) is 2.88. The molecule has 5 heteroatoms. The Hall–Kier alpha value is -2.56. The van der Waals surface area contributed by atoms with Crippen molar-refractivity contribution in [3.8, 4) is 5.75 Å². The largest absolute Gasteiger partial charge is 0.507 e. The number of hydrogen-bond acceptors (Lipinski definition) is 4. The average molecular weight is 327 g/mol. The fourth-order valence-corrected chi connectivity index (χ4v) is 3.01. The van der Waals surface area contributed by atoms with Crippen molar-refractivity contribution in [2.75, 3.05) is 19.7 Å². The minimum absolute atomic E-state index is 0.0809. The van der Waals surface area contributed by atoms with Gasteiger partial charge in [-0.2, -0.15) is 0 Å². The molecule has 126 valence electrons. The topological polar surface area (TPSA) is 66.8 Å². The molecule has 0 bridgehead atoms. The van der Waals surface area contributed by atoms with Crippen molar-refractivity contribution in [3.63, 3.8) is 0 Å². The second-order valence-electron chi connectivity index (χ2n) is 6.09. The lowest BCUT2D eigenvalue weighted by molar-refractivity contribution is -0.134. The standard InChI is InChI=1S/C19H21NO4/c21-17-12-15-8-4-3-7-14(15)11-16(17)19(23)24-13-18(22)20-9-5-1-2-6-10-20/h3-4,7-8,11-12,21H,1-2,5-6,9-10,13H2. The summed E-state index contributed by atoms with van der Waals surface area (Å²) in [5.41, 5.74) is 0.0809. The Morgan fingerprint density at radius 1 is 1.00 bits per heavy atom. The molecular weight excluding hydrogens is 306 g/mol. The van der Waals surface area contributed by atoms with Crippen LogP contribution in [0.5, 0.6) is 5.75 Å². The van der Waals surface area contributed by atoms with Crippen LogP contribution in [0.1, 0.15) is 36.0 Å². The molecule has 0 spiro atoms. The first kappa shape index (κ1) is 16.3. The molecule has 0 radical (unpaired) electrons. The molecule has 3 rings (SSSR count). The second kappa shape index (κ2) is 7.34. The van der Waals surface area contributed by atoms with Gasteiger partial charge in [-0.25, -0.2) is 4.79 Å². The Labute approximate surface area is 140 Å². The monoisotopic (exact) mass is 327 g/mol. The van der Waals surface area contributed by atoms with Crippen molar-refractivity contribution >= 4 is 22.6 Å². The molecule has 0 atom stereocenters. The van der Waals surface area contributed by atoms with Crippen LogP contribution in [-0.2, 0) is 9.53 Å². The van der Waals surface area contributed by atoms with E-state index >= 15 is 0 Å². The van der Waals surface area contributed by atoms with Crippen molar-refractivity contribution in [2.24, 2.45) is 0 Å². The summed E-state index contributed by atoms with van der Waals surface area (Å²) in [7, 11) is 0. The number of hydrogen-bond donors (Lipinski definition) is 1. The lowest BCUT2D eigenvalue weighted by Crippen LogP contribution is -2.35. The molecule has 1 amide bonds. The maximum Gasteiger partial charge on any atom is 0.342 e. The van der Waals surface area contributed by atoms with Crippen LogP contribution < -0.4 is 0 Å². The Kier molecular flexibility index (Phi) is 4.99. The molecule has 1 aliphatic heterocycles. The van der Waals surface area contributed by atoms with Crippen molar-refractivity contribution in [2.45, 2.75) is 25.7 Å². The number of benzene rings is 2. The van der Waals surface area contributed by atoms with Gasteiger partial charge in [0.15, 0.2) is 6.61 Å². The summed E-state index contributed by atoms with van der Waals surface area (Å²) in [6.45, 7) is 1.15. The van der Waals surface area contributed by atoms with Crippen molar-refractivity contribution < 1.29 is 19.4 Å². The van der Waals surface area contributed by atoms with Crippen LogP contribution in [0.2, 0.25) is 0 Å². The van der Waals surface area contributed by atoms with E-state index in [-0.39, 0.29) is 23.8 Å². The predicted octanol–water partition coefficient (Wildman–Crippen LogP) is 3.10. The first-order chi connectivity index (χ1) is 11.6. The molecule has 0 aromatic heterocycles. The summed E-state index contributed by atoms with van der Waals surface area (Å²) in [5.74, 6) is -0.993. The van der Waals surface area contributed by atoms with Gasteiger partial charge in [0.05, 0.1) is 0 Å². The number of aromatic hydroxyl groups is 1. The zero-order chi connectivity index (χ0) is 16.9. The smallest absolute Gasteiger partial charge is 0.342 e. The van der Waals surface area contributed by atoms with Crippen LogP contribution in [0, 0.1) is 0 Å². The van der Waals surface area contributed by atoms with Crippen LogP contribution >= 0.6 is 0 Å². The van der Waals surface area contributed by atoms with Gasteiger partial charge in [-0.1, -0.05) is 37.1 Å². The molecule has 0 unspecified atom stereocenters. The molecule has 0 saturated carbocycles. The fraction of sp³-hybridized carbons (Fsp3) is 0.368. The third-order valence-electron chi connectivity index (χ3n) is 4.37. The van der Waals surface area contributed by atoms with Crippen LogP contribution in [-0.4, -0.2) is 41.6 Å². The van der Waals surface area contributed by atoms with Gasteiger partial charge in [-0.05, 0) is 35.7 Å². The number of amides is 1. The highest BCUT2D eigenvalue weighted by atomic mass is 16.5. The van der Waals surface area contributed by atoms with Gasteiger partial charge in [0.2, 0.25) is 0 Å². The summed E-state index contributed by atoms with van der Waals surface area (Å²) in [5, 5.41) is 11.7. The van der Waals surface area contributed by atoms with E-state index in [2.05, 4.69) is 0 Å². The zero-order valence-electron chi connectivity index (χ0n) is 13.5. The van der Waals surface area contributed by atoms with Gasteiger partial charge in [0, 0.05) is 13.1 Å². The van der Waals surface area contributed by atoms with E-state index < -0.39 is 5.97 Å². The van der Waals surface area contributed by atoms with Crippen LogP contribution in [0.15, 0.2) is 36.4 Å². The molecule has 0 aliphatic carbocycles. The first-order valence-corrected chi connectivity index (χ1v) is 8.32. The van der Waals surface area contributed by atoms with Gasteiger partial charge in [0.1, 0.15) is 11.3 Å². The van der Waals surface area contributed by atoms with Crippen molar-refractivity contribution in [3.05, 3.63) is 42.0 Å². The van der Waals surface area contributed by atoms with Gasteiger partial charge >= 0.3 is 5.97 Å². The number of phenols is 1. The Balaban J connectivity index is 1.66. The van der Waals surface area contributed by atoms with E-state index in [1.165, 1.54) is 6.07 Å². The number of carbonyl (C=O) groups excluding carboxylic acids is 2. The maximum absolute atomic E-state index is 12.2. The number of ether oxygens (including phenoxy) is 1. The number of carbonyl (C=O) groups is 2. The van der Waals surface area contributed by atoms with E-state index in [1.807, 2.05) is 24.3 Å². The summed E-state index contributed by atoms with van der Waals surface area (Å²) in [6.07, 6.45) is 4.25. The molecule has 1 fully saturated rings. The normalized spacial score (nSPS) is 15.1. The summed E-state index contributed by atoms with van der Waals surface area (Å²) in [6, 6.07) is 10.5. The van der Waals surface area contributed by atoms with E-state index in [4.69, 9.17) is 4.74 Å². The lowest BCUT2D eigenvalue weighted by atomic mass is 10.1. The summed E-state index contributed by atoms with van der Waals surface area (Å²) >= 11 is 0. The van der Waals surface area contributed by atoms with Crippen molar-refractivity contribution in [1.29, 1.82) is 0 Å². The highest BCUT2D eigenvalue weighted by molar-refractivity contribution is 5.99. The predicted molar refractivity (Wildman–Crippen MR) is 90.9 cm³/mol. The lowest BCUT2D eigenvalue weighted by Gasteiger charge is -2.20. The molecule has 1 aliphatic rings. The summed E-state index contributed by atoms with van der Waals surface area (Å²) < 4.78 is 5.12. The van der Waals surface area contributed by atoms with Gasteiger partial charge in [-0.15, -0.1) is 0 Å². The number of likely N-dealkylation sites (tertiary alicyclic amines) is 1. The van der Waals surface area contributed by atoms with E-state index in [1.54, 1.807) is 11.0 Å². The SMILES string of the molecule is O=C(OCC(=O)N1CCCCCC1)c1cc2ccccc2cc1O. The second-order valence-corrected chi connectivity index (χ2v) is 6.09. The minimum atomic E-state index is -0.679. The van der Waals surface area contributed by atoms with E-state index in [9.17, 15) is 14.7 Å². The minimum Gasteiger partial charge on any atom is -0.507 e. The zero-order valence-corrected chi connectivity index (χ0v) is 13.5. The van der Waals surface area contributed by atoms with Crippen molar-refractivity contribution in [1.82, 2.24) is 4.90 Å². The molecule has 1 N–H and O–H groups in total. The molecule has 1 heterocycles. The quantitative estimate of drug-likeness (QED) is 0.880.